The van der Waals surface area contributed by atoms with Crippen LogP contribution in [0.15, 0.2) is 66.3 Å². The molecule has 0 aliphatic heterocycles. The highest BCUT2D eigenvalue weighted by Crippen LogP contribution is 2.31. The van der Waals surface area contributed by atoms with Crippen molar-refractivity contribution in [2.45, 2.75) is 24.1 Å². The number of aromatic nitrogens is 3. The maximum Gasteiger partial charge on any atom is 0.191 e. The van der Waals surface area contributed by atoms with E-state index >= 15 is 0 Å². The first kappa shape index (κ1) is 18.8. The molecular formula is C19H17Cl2N3OS. The maximum absolute atomic E-state index is 6.24. The lowest BCUT2D eigenvalue weighted by Crippen LogP contribution is -2.07. The zero-order chi connectivity index (χ0) is 18.4. The average Bonchev–Trinajstić information content (AvgIpc) is 3.03. The SMILES string of the molecule is C=CCn1c(COc2ccccc2)nnc1SCc1c(Cl)cccc1Cl. The monoisotopic (exact) mass is 405 g/mol. The molecule has 0 atom stereocenters. The van der Waals surface area contributed by atoms with Crippen molar-refractivity contribution in [3.05, 3.63) is 82.6 Å². The van der Waals surface area contributed by atoms with Crippen LogP contribution in [0.3, 0.4) is 0 Å². The zero-order valence-electron chi connectivity index (χ0n) is 13.9. The predicted molar refractivity (Wildman–Crippen MR) is 107 cm³/mol. The Morgan fingerprint density at radius 1 is 1.04 bits per heavy atom. The van der Waals surface area contributed by atoms with Gasteiger partial charge in [-0.15, -0.1) is 16.8 Å². The number of hydrogen-bond acceptors (Lipinski definition) is 4. The molecule has 0 amide bonds. The van der Waals surface area contributed by atoms with Crippen molar-refractivity contribution < 1.29 is 4.74 Å². The van der Waals surface area contributed by atoms with Crippen molar-refractivity contribution in [2.75, 3.05) is 0 Å². The summed E-state index contributed by atoms with van der Waals surface area (Å²) in [5.41, 5.74) is 0.885. The first-order valence-corrected chi connectivity index (χ1v) is 9.69. The number of rotatable bonds is 8. The fourth-order valence-corrected chi connectivity index (χ4v) is 4.02. The third-order valence-electron chi connectivity index (χ3n) is 3.62. The number of nitrogens with zero attached hydrogens (tertiary/aromatic N) is 3. The van der Waals surface area contributed by atoms with E-state index in [1.165, 1.54) is 11.8 Å². The summed E-state index contributed by atoms with van der Waals surface area (Å²) in [5, 5.41) is 10.6. The van der Waals surface area contributed by atoms with E-state index in [4.69, 9.17) is 27.9 Å². The molecule has 0 unspecified atom stereocenters. The summed E-state index contributed by atoms with van der Waals surface area (Å²) in [6.45, 7) is 4.74. The molecular weight excluding hydrogens is 389 g/mol. The second kappa shape index (κ2) is 9.12. The molecule has 134 valence electrons. The van der Waals surface area contributed by atoms with Gasteiger partial charge in [0.15, 0.2) is 11.0 Å². The molecule has 0 spiro atoms. The Hall–Kier alpha value is -1.95. The molecule has 7 heteroatoms. The molecule has 3 rings (SSSR count). The highest BCUT2D eigenvalue weighted by atomic mass is 35.5. The maximum atomic E-state index is 6.24. The van der Waals surface area contributed by atoms with E-state index in [1.807, 2.05) is 59.2 Å². The van der Waals surface area contributed by atoms with Gasteiger partial charge in [0, 0.05) is 22.3 Å². The van der Waals surface area contributed by atoms with E-state index in [1.54, 1.807) is 0 Å². The minimum absolute atomic E-state index is 0.332. The van der Waals surface area contributed by atoms with Crippen LogP contribution in [-0.4, -0.2) is 14.8 Å². The molecule has 0 saturated carbocycles. The van der Waals surface area contributed by atoms with Gasteiger partial charge in [-0.3, -0.25) is 4.57 Å². The third kappa shape index (κ3) is 4.61. The summed E-state index contributed by atoms with van der Waals surface area (Å²) >= 11 is 14.0. The summed E-state index contributed by atoms with van der Waals surface area (Å²) in [6.07, 6.45) is 1.81. The number of halogens is 2. The fraction of sp³-hybridized carbons (Fsp3) is 0.158. The fourth-order valence-electron chi connectivity index (χ4n) is 2.32. The first-order valence-electron chi connectivity index (χ1n) is 7.95. The lowest BCUT2D eigenvalue weighted by Gasteiger charge is -2.10. The van der Waals surface area contributed by atoms with Gasteiger partial charge in [-0.05, 0) is 29.8 Å². The zero-order valence-corrected chi connectivity index (χ0v) is 16.3. The van der Waals surface area contributed by atoms with Gasteiger partial charge in [-0.2, -0.15) is 0 Å². The minimum atomic E-state index is 0.332. The molecule has 0 radical (unpaired) electrons. The number of benzene rings is 2. The van der Waals surface area contributed by atoms with E-state index < -0.39 is 0 Å². The number of ether oxygens (including phenoxy) is 1. The normalized spacial score (nSPS) is 10.7. The summed E-state index contributed by atoms with van der Waals surface area (Å²) in [5.74, 6) is 2.13. The second-order valence-corrected chi connectivity index (χ2v) is 7.15. The summed E-state index contributed by atoms with van der Waals surface area (Å²) < 4.78 is 7.76. The summed E-state index contributed by atoms with van der Waals surface area (Å²) in [7, 11) is 0. The Kier molecular flexibility index (Phi) is 6.61. The van der Waals surface area contributed by atoms with E-state index in [-0.39, 0.29) is 0 Å². The Bertz CT molecular complexity index is 863. The smallest absolute Gasteiger partial charge is 0.191 e. The van der Waals surface area contributed by atoms with Crippen molar-refractivity contribution >= 4 is 35.0 Å². The van der Waals surface area contributed by atoms with Gasteiger partial charge in [0.1, 0.15) is 12.4 Å². The molecule has 3 aromatic rings. The molecule has 2 aromatic carbocycles. The van der Waals surface area contributed by atoms with Crippen LogP contribution in [0.1, 0.15) is 11.4 Å². The van der Waals surface area contributed by atoms with Crippen LogP contribution >= 0.6 is 35.0 Å². The number of thioether (sulfide) groups is 1. The molecule has 26 heavy (non-hydrogen) atoms. The average molecular weight is 406 g/mol. The van der Waals surface area contributed by atoms with E-state index in [0.29, 0.717) is 28.9 Å². The Labute approximate surface area is 166 Å². The van der Waals surface area contributed by atoms with Crippen LogP contribution in [0.2, 0.25) is 10.0 Å². The molecule has 0 bridgehead atoms. The quantitative estimate of drug-likeness (QED) is 0.358. The predicted octanol–water partition coefficient (Wildman–Crippen LogP) is 5.64. The van der Waals surface area contributed by atoms with Crippen LogP contribution in [0.25, 0.3) is 0 Å². The molecule has 0 saturated heterocycles. The van der Waals surface area contributed by atoms with Crippen molar-refractivity contribution in [1.82, 2.24) is 14.8 Å². The van der Waals surface area contributed by atoms with Gasteiger partial charge in [0.05, 0.1) is 0 Å². The molecule has 4 nitrogen and oxygen atoms in total. The number of para-hydroxylation sites is 1. The van der Waals surface area contributed by atoms with Gasteiger partial charge >= 0.3 is 0 Å². The topological polar surface area (TPSA) is 39.9 Å². The van der Waals surface area contributed by atoms with Crippen LogP contribution < -0.4 is 4.74 Å². The van der Waals surface area contributed by atoms with Gasteiger partial charge in [0.25, 0.3) is 0 Å². The lowest BCUT2D eigenvalue weighted by molar-refractivity contribution is 0.289. The second-order valence-electron chi connectivity index (χ2n) is 5.39. The van der Waals surface area contributed by atoms with E-state index in [0.717, 1.165) is 22.3 Å². The van der Waals surface area contributed by atoms with E-state index in [9.17, 15) is 0 Å². The van der Waals surface area contributed by atoms with Gasteiger partial charge < -0.3 is 4.74 Å². The van der Waals surface area contributed by atoms with Crippen LogP contribution in [0, 0.1) is 0 Å². The minimum Gasteiger partial charge on any atom is -0.486 e. The highest BCUT2D eigenvalue weighted by molar-refractivity contribution is 7.98. The summed E-state index contributed by atoms with van der Waals surface area (Å²) in [6, 6.07) is 15.1. The Morgan fingerprint density at radius 2 is 1.77 bits per heavy atom. The Balaban J connectivity index is 1.73. The molecule has 0 aliphatic carbocycles. The number of hydrogen-bond donors (Lipinski definition) is 0. The molecule has 0 aliphatic rings. The molecule has 0 N–H and O–H groups in total. The van der Waals surface area contributed by atoms with Gasteiger partial charge in [-0.25, -0.2) is 0 Å². The molecule has 0 fully saturated rings. The largest absolute Gasteiger partial charge is 0.486 e. The third-order valence-corrected chi connectivity index (χ3v) is 5.33. The lowest BCUT2D eigenvalue weighted by atomic mass is 10.2. The van der Waals surface area contributed by atoms with Crippen LogP contribution in [0.5, 0.6) is 5.75 Å². The van der Waals surface area contributed by atoms with Gasteiger partial charge in [-0.1, -0.05) is 65.3 Å². The van der Waals surface area contributed by atoms with E-state index in [2.05, 4.69) is 16.8 Å². The van der Waals surface area contributed by atoms with Crippen LogP contribution in [-0.2, 0) is 18.9 Å². The standard InChI is InChI=1S/C19H17Cl2N3OS/c1-2-11-24-18(12-25-14-7-4-3-5-8-14)22-23-19(24)26-13-15-16(20)9-6-10-17(15)21/h2-10H,1,11-13H2. The number of allylic oxidation sites excluding steroid dienone is 1. The van der Waals surface area contributed by atoms with Gasteiger partial charge in [0.2, 0.25) is 0 Å². The van der Waals surface area contributed by atoms with Crippen molar-refractivity contribution in [3.63, 3.8) is 0 Å². The Morgan fingerprint density at radius 3 is 2.46 bits per heavy atom. The first-order chi connectivity index (χ1) is 12.7. The molecule has 1 aromatic heterocycles. The highest BCUT2D eigenvalue weighted by Gasteiger charge is 2.14. The van der Waals surface area contributed by atoms with Crippen molar-refractivity contribution in [1.29, 1.82) is 0 Å². The van der Waals surface area contributed by atoms with Crippen molar-refractivity contribution in [3.8, 4) is 5.75 Å². The molecule has 1 heterocycles. The van der Waals surface area contributed by atoms with Crippen LogP contribution in [0.4, 0.5) is 0 Å². The van der Waals surface area contributed by atoms with Crippen molar-refractivity contribution in [2.24, 2.45) is 0 Å². The summed E-state index contributed by atoms with van der Waals surface area (Å²) in [4.78, 5) is 0.